The third-order valence-corrected chi connectivity index (χ3v) is 0.903. The summed E-state index contributed by atoms with van der Waals surface area (Å²) in [7, 11) is -4.78. The monoisotopic (exact) mass is 254 g/mol. The van der Waals surface area contributed by atoms with Gasteiger partial charge in [-0.2, -0.15) is 8.42 Å². The summed E-state index contributed by atoms with van der Waals surface area (Å²) in [5.74, 6) is -1.41. The molecule has 1 atom stereocenters. The molecule has 0 saturated carbocycles. The molecule has 1 unspecified atom stereocenters. The van der Waals surface area contributed by atoms with Crippen molar-refractivity contribution in [1.82, 2.24) is 0 Å². The van der Waals surface area contributed by atoms with E-state index in [0.717, 1.165) is 6.92 Å². The molecule has 68 valence electrons. The van der Waals surface area contributed by atoms with Gasteiger partial charge in [-0.15, -0.1) is 0 Å². The van der Waals surface area contributed by atoms with Gasteiger partial charge in [0.1, 0.15) is 6.10 Å². The van der Waals surface area contributed by atoms with E-state index in [0.29, 0.717) is 0 Å². The molecule has 0 rings (SSSR count). The van der Waals surface area contributed by atoms with E-state index in [2.05, 4.69) is 4.18 Å². The van der Waals surface area contributed by atoms with Gasteiger partial charge in [-0.25, -0.2) is 4.79 Å². The Morgan fingerprint density at radius 3 is 1.83 bits per heavy atom. The van der Waals surface area contributed by atoms with Crippen LogP contribution in [0.5, 0.6) is 0 Å². The third kappa shape index (κ3) is 11.9. The van der Waals surface area contributed by atoms with Crippen LogP contribution in [-0.4, -0.2) is 106 Å². The second kappa shape index (κ2) is 8.19. The number of aliphatic hydroxyl groups is 1. The van der Waals surface area contributed by atoms with E-state index in [1.165, 1.54) is 0 Å². The predicted octanol–water partition coefficient (Wildman–Crippen LogP) is -3.12. The van der Waals surface area contributed by atoms with Crippen molar-refractivity contribution < 1.29 is 27.1 Å². The number of aliphatic hydroxyl groups excluding tert-OH is 1. The molecule has 6 nitrogen and oxygen atoms in total. The molecule has 9 heteroatoms. The Morgan fingerprint density at radius 2 is 1.75 bits per heavy atom. The molecule has 0 aliphatic carbocycles. The van der Waals surface area contributed by atoms with Gasteiger partial charge in [0.15, 0.2) is 0 Å². The summed E-state index contributed by atoms with van der Waals surface area (Å²) in [6.07, 6.45) is -1.57. The molecule has 0 aromatic carbocycles. The Balaban J connectivity index is -0.000000405. The molecular formula is C3H10Ca2O6S. The van der Waals surface area contributed by atoms with Gasteiger partial charge in [0.2, 0.25) is 0 Å². The molecule has 2 N–H and O–H groups in total. The maximum absolute atomic E-state index is 10.1. The molecule has 0 bridgehead atoms. The Hall–Kier alpha value is 1.86. The van der Waals surface area contributed by atoms with Crippen molar-refractivity contribution in [2.75, 3.05) is 0 Å². The van der Waals surface area contributed by atoms with E-state index in [4.69, 9.17) is 9.66 Å². The molecule has 12 heavy (non-hydrogen) atoms. The fraction of sp³-hybridized carbons (Fsp3) is 0.667. The van der Waals surface area contributed by atoms with Crippen molar-refractivity contribution in [3.63, 3.8) is 0 Å². The van der Waals surface area contributed by atoms with E-state index in [9.17, 15) is 13.2 Å². The van der Waals surface area contributed by atoms with Crippen LogP contribution in [0.25, 0.3) is 0 Å². The zero-order chi connectivity index (χ0) is 8.36. The minimum atomic E-state index is -4.78. The summed E-state index contributed by atoms with van der Waals surface area (Å²) >= 11 is 0. The second-order valence-corrected chi connectivity index (χ2v) is 2.53. The zero-order valence-electron chi connectivity index (χ0n) is 5.01. The summed E-state index contributed by atoms with van der Waals surface area (Å²) < 4.78 is 30.7. The Kier molecular flexibility index (Phi) is 13.3. The number of hydrogen-bond acceptors (Lipinski definition) is 5. The Labute approximate surface area is 130 Å². The van der Waals surface area contributed by atoms with Gasteiger partial charge in [0, 0.05) is 0 Å². The SMILES string of the molecule is CC(O)C(=O)OS(=O)(=O)O.[CaH2].[CaH2]. The normalized spacial score (nSPS) is 11.9. The quantitative estimate of drug-likeness (QED) is 0.399. The van der Waals surface area contributed by atoms with Gasteiger partial charge in [0.25, 0.3) is 0 Å². The molecule has 0 saturated heterocycles. The van der Waals surface area contributed by atoms with Crippen LogP contribution in [0.1, 0.15) is 6.92 Å². The van der Waals surface area contributed by atoms with E-state index in [1.54, 1.807) is 0 Å². The van der Waals surface area contributed by atoms with Crippen LogP contribution in [0.4, 0.5) is 0 Å². The van der Waals surface area contributed by atoms with Crippen LogP contribution >= 0.6 is 0 Å². The Bertz CT molecular complexity index is 221. The van der Waals surface area contributed by atoms with Gasteiger partial charge in [-0.05, 0) is 6.92 Å². The molecule has 0 spiro atoms. The first-order valence-electron chi connectivity index (χ1n) is 2.22. The van der Waals surface area contributed by atoms with E-state index in [1.807, 2.05) is 0 Å². The van der Waals surface area contributed by atoms with E-state index in [-0.39, 0.29) is 75.5 Å². The van der Waals surface area contributed by atoms with E-state index >= 15 is 0 Å². The summed E-state index contributed by atoms with van der Waals surface area (Å²) in [6, 6.07) is 0. The van der Waals surface area contributed by atoms with Crippen molar-refractivity contribution in [3.8, 4) is 0 Å². The molecular weight excluding hydrogens is 244 g/mol. The summed E-state index contributed by atoms with van der Waals surface area (Å²) in [5, 5.41) is 8.33. The first-order valence-corrected chi connectivity index (χ1v) is 3.58. The molecule has 0 radical (unpaired) electrons. The first-order chi connectivity index (χ1) is 4.33. The average molecular weight is 254 g/mol. The van der Waals surface area contributed by atoms with Crippen LogP contribution in [0.3, 0.4) is 0 Å². The van der Waals surface area contributed by atoms with E-state index < -0.39 is 22.5 Å². The van der Waals surface area contributed by atoms with Crippen LogP contribution in [0.2, 0.25) is 0 Å². The topological polar surface area (TPSA) is 101 Å². The molecule has 0 aliphatic rings. The van der Waals surface area contributed by atoms with Crippen LogP contribution in [0.15, 0.2) is 0 Å². The zero-order valence-corrected chi connectivity index (χ0v) is 5.83. The number of hydrogen-bond donors (Lipinski definition) is 2. The molecule has 0 aromatic rings. The maximum atomic E-state index is 10.1. The molecule has 0 amide bonds. The van der Waals surface area contributed by atoms with Gasteiger partial charge < -0.3 is 9.29 Å². The van der Waals surface area contributed by atoms with Crippen LogP contribution < -0.4 is 0 Å². The van der Waals surface area contributed by atoms with Gasteiger partial charge in [-0.3, -0.25) is 4.55 Å². The van der Waals surface area contributed by atoms with Gasteiger partial charge in [0.05, 0.1) is 0 Å². The summed E-state index contributed by atoms with van der Waals surface area (Å²) in [4.78, 5) is 10.1. The third-order valence-electron chi connectivity index (χ3n) is 0.529. The number of carbonyl (C=O) groups excluding carboxylic acids is 1. The predicted molar refractivity (Wildman–Crippen MR) is 46.4 cm³/mol. The summed E-state index contributed by atoms with van der Waals surface area (Å²) in [5.41, 5.74) is 0. The Morgan fingerprint density at radius 1 is 1.42 bits per heavy atom. The van der Waals surface area contributed by atoms with Crippen molar-refractivity contribution in [3.05, 3.63) is 0 Å². The number of rotatable bonds is 2. The van der Waals surface area contributed by atoms with Gasteiger partial charge in [-0.1, -0.05) is 0 Å². The minimum absolute atomic E-state index is 0. The molecule has 0 aliphatic heterocycles. The molecule has 0 heterocycles. The van der Waals surface area contributed by atoms with Gasteiger partial charge >= 0.3 is 91.8 Å². The van der Waals surface area contributed by atoms with Crippen molar-refractivity contribution in [1.29, 1.82) is 0 Å². The van der Waals surface area contributed by atoms with Crippen molar-refractivity contribution in [2.24, 2.45) is 0 Å². The second-order valence-electron chi connectivity index (χ2n) is 1.51. The average Bonchev–Trinajstić information content (AvgIpc) is 1.60. The number of carbonyl (C=O) groups is 1. The van der Waals surface area contributed by atoms with Crippen molar-refractivity contribution >= 4 is 91.8 Å². The molecule has 0 fully saturated rings. The fourth-order valence-electron chi connectivity index (χ4n) is 0.173. The summed E-state index contributed by atoms with van der Waals surface area (Å²) in [6.45, 7) is 1.01. The van der Waals surface area contributed by atoms with Crippen LogP contribution in [-0.2, 0) is 19.4 Å². The van der Waals surface area contributed by atoms with Crippen LogP contribution in [0, 0.1) is 0 Å². The molecule has 0 aromatic heterocycles. The van der Waals surface area contributed by atoms with Crippen molar-refractivity contribution in [2.45, 2.75) is 13.0 Å². The fourth-order valence-corrected chi connectivity index (χ4v) is 0.520. The standard InChI is InChI=1S/C3H6O6S.2Ca.4H/c1-2(4)3(5)9-10(6,7)8;;;;;;/h2,4H,1H3,(H,6,7,8);;;;;;. The first kappa shape index (κ1) is 19.4.